The van der Waals surface area contributed by atoms with E-state index in [9.17, 15) is 0 Å². The normalized spacial score (nSPS) is 31.1. The third-order valence-electron chi connectivity index (χ3n) is 4.89. The number of hydrogen-bond donors (Lipinski definition) is 1. The number of rotatable bonds is 6. The number of aryl methyl sites for hydroxylation is 2. The summed E-state index contributed by atoms with van der Waals surface area (Å²) in [5.74, 6) is 0. The highest BCUT2D eigenvalue weighted by Gasteiger charge is 2.51. The second-order valence-corrected chi connectivity index (χ2v) is 7.40. The molecule has 0 aliphatic heterocycles. The number of nitrogens with one attached hydrogen (secondary N) is 1. The molecule has 1 saturated carbocycles. The third kappa shape index (κ3) is 2.78. The van der Waals surface area contributed by atoms with Crippen LogP contribution in [0.15, 0.2) is 0 Å². The van der Waals surface area contributed by atoms with Crippen LogP contribution in [0.3, 0.4) is 0 Å². The van der Waals surface area contributed by atoms with Crippen molar-refractivity contribution in [3.05, 3.63) is 15.6 Å². The lowest BCUT2D eigenvalue weighted by atomic mass is 9.61. The smallest absolute Gasteiger partial charge is 0.0900 e. The number of hydrogen-bond acceptors (Lipinski definition) is 4. The molecule has 4 heteroatoms. The molecule has 2 rings (SSSR count). The highest BCUT2D eigenvalue weighted by atomic mass is 32.1. The molecule has 0 amide bonds. The number of thiazole rings is 1. The van der Waals surface area contributed by atoms with Crippen LogP contribution in [0.5, 0.6) is 0 Å². The van der Waals surface area contributed by atoms with Crippen LogP contribution >= 0.6 is 11.3 Å². The Hall–Kier alpha value is -0.450. The second kappa shape index (κ2) is 6.12. The van der Waals surface area contributed by atoms with Gasteiger partial charge in [-0.15, -0.1) is 11.3 Å². The molecule has 1 aliphatic carbocycles. The van der Waals surface area contributed by atoms with Gasteiger partial charge in [-0.05, 0) is 40.5 Å². The van der Waals surface area contributed by atoms with Crippen molar-refractivity contribution < 1.29 is 4.74 Å². The van der Waals surface area contributed by atoms with Gasteiger partial charge in [0.25, 0.3) is 0 Å². The van der Waals surface area contributed by atoms with E-state index in [1.54, 1.807) is 0 Å². The Kier molecular flexibility index (Phi) is 4.88. The van der Waals surface area contributed by atoms with Gasteiger partial charge >= 0.3 is 0 Å². The molecular formula is C16H28N2OS. The molecule has 114 valence electrons. The van der Waals surface area contributed by atoms with Crippen molar-refractivity contribution in [1.29, 1.82) is 0 Å². The number of ether oxygens (including phenoxy) is 1. The minimum Gasteiger partial charge on any atom is -0.378 e. The average Bonchev–Trinajstić information content (AvgIpc) is 2.75. The van der Waals surface area contributed by atoms with Gasteiger partial charge in [0.2, 0.25) is 0 Å². The van der Waals surface area contributed by atoms with Crippen molar-refractivity contribution in [3.63, 3.8) is 0 Å². The fourth-order valence-electron chi connectivity index (χ4n) is 3.33. The maximum absolute atomic E-state index is 5.88. The largest absolute Gasteiger partial charge is 0.378 e. The fourth-order valence-corrected chi connectivity index (χ4v) is 4.27. The van der Waals surface area contributed by atoms with Gasteiger partial charge in [-0.25, -0.2) is 4.98 Å². The van der Waals surface area contributed by atoms with Gasteiger partial charge in [0.05, 0.1) is 16.8 Å². The highest BCUT2D eigenvalue weighted by molar-refractivity contribution is 7.11. The first-order chi connectivity index (χ1) is 9.42. The Balaban J connectivity index is 2.02. The first kappa shape index (κ1) is 15.9. The zero-order valence-corrected chi connectivity index (χ0v) is 14.4. The minimum atomic E-state index is 0.262. The molecule has 0 spiro atoms. The standard InChI is InChI=1S/C16H28N2OS/c1-7-16(6)13(9-14(16)19-8-2)18-11(4)15-10(3)17-12(5)20-15/h11,13-14,18H,7-9H2,1-6H3. The van der Waals surface area contributed by atoms with E-state index in [0.29, 0.717) is 18.2 Å². The molecule has 0 bridgehead atoms. The van der Waals surface area contributed by atoms with Crippen molar-refractivity contribution in [2.75, 3.05) is 6.61 Å². The Bertz CT molecular complexity index is 459. The van der Waals surface area contributed by atoms with E-state index in [-0.39, 0.29) is 5.41 Å². The van der Waals surface area contributed by atoms with Crippen LogP contribution in [0.2, 0.25) is 0 Å². The van der Waals surface area contributed by atoms with Gasteiger partial charge in [-0.2, -0.15) is 0 Å². The molecule has 1 aromatic heterocycles. The summed E-state index contributed by atoms with van der Waals surface area (Å²) in [4.78, 5) is 5.91. The SMILES string of the molecule is CCOC1CC(NC(C)c2sc(C)nc2C)C1(C)CC. The van der Waals surface area contributed by atoms with Gasteiger partial charge in [0.1, 0.15) is 0 Å². The molecule has 3 nitrogen and oxygen atoms in total. The van der Waals surface area contributed by atoms with Gasteiger partial charge < -0.3 is 10.1 Å². The molecular weight excluding hydrogens is 268 g/mol. The van der Waals surface area contributed by atoms with Crippen molar-refractivity contribution in [1.82, 2.24) is 10.3 Å². The van der Waals surface area contributed by atoms with E-state index in [4.69, 9.17) is 4.74 Å². The molecule has 4 atom stereocenters. The number of aromatic nitrogens is 1. The maximum Gasteiger partial charge on any atom is 0.0900 e. The lowest BCUT2D eigenvalue weighted by Gasteiger charge is -2.54. The van der Waals surface area contributed by atoms with E-state index < -0.39 is 0 Å². The van der Waals surface area contributed by atoms with Crippen molar-refractivity contribution in [2.24, 2.45) is 5.41 Å². The molecule has 0 aromatic carbocycles. The van der Waals surface area contributed by atoms with E-state index in [2.05, 4.69) is 51.8 Å². The first-order valence-electron chi connectivity index (χ1n) is 7.73. The Morgan fingerprint density at radius 3 is 2.65 bits per heavy atom. The summed E-state index contributed by atoms with van der Waals surface area (Å²) in [6.45, 7) is 14.0. The molecule has 0 radical (unpaired) electrons. The van der Waals surface area contributed by atoms with Crippen LogP contribution in [0.1, 0.15) is 62.2 Å². The predicted octanol–water partition coefficient (Wildman–Crippen LogP) is 4.00. The molecule has 1 aliphatic rings. The molecule has 0 saturated heterocycles. The van der Waals surface area contributed by atoms with Crippen molar-refractivity contribution in [3.8, 4) is 0 Å². The molecule has 4 unspecified atom stereocenters. The van der Waals surface area contributed by atoms with E-state index in [1.807, 2.05) is 11.3 Å². The van der Waals surface area contributed by atoms with Crippen molar-refractivity contribution in [2.45, 2.75) is 72.6 Å². The van der Waals surface area contributed by atoms with Gasteiger partial charge in [0.15, 0.2) is 0 Å². The summed E-state index contributed by atoms with van der Waals surface area (Å²) in [5.41, 5.74) is 1.43. The van der Waals surface area contributed by atoms with E-state index >= 15 is 0 Å². The lowest BCUT2D eigenvalue weighted by molar-refractivity contribution is -0.127. The van der Waals surface area contributed by atoms with Gasteiger partial charge in [0, 0.05) is 29.0 Å². The average molecular weight is 296 g/mol. The van der Waals surface area contributed by atoms with Gasteiger partial charge in [-0.3, -0.25) is 0 Å². The molecule has 1 heterocycles. The summed E-state index contributed by atoms with van der Waals surface area (Å²) in [6, 6.07) is 0.917. The summed E-state index contributed by atoms with van der Waals surface area (Å²) in [6.07, 6.45) is 2.69. The van der Waals surface area contributed by atoms with Crippen LogP contribution in [-0.4, -0.2) is 23.7 Å². The Morgan fingerprint density at radius 1 is 1.45 bits per heavy atom. The minimum absolute atomic E-state index is 0.262. The summed E-state index contributed by atoms with van der Waals surface area (Å²) in [7, 11) is 0. The van der Waals surface area contributed by atoms with Crippen LogP contribution in [-0.2, 0) is 4.74 Å². The predicted molar refractivity (Wildman–Crippen MR) is 85.4 cm³/mol. The number of nitrogens with zero attached hydrogens (tertiary/aromatic N) is 1. The van der Waals surface area contributed by atoms with E-state index in [1.165, 1.54) is 10.6 Å². The molecule has 1 N–H and O–H groups in total. The zero-order chi connectivity index (χ0) is 14.9. The van der Waals surface area contributed by atoms with Gasteiger partial charge in [-0.1, -0.05) is 13.8 Å². The van der Waals surface area contributed by atoms with Crippen LogP contribution in [0, 0.1) is 19.3 Å². The summed E-state index contributed by atoms with van der Waals surface area (Å²) < 4.78 is 5.88. The Morgan fingerprint density at radius 2 is 2.15 bits per heavy atom. The summed E-state index contributed by atoms with van der Waals surface area (Å²) >= 11 is 1.81. The molecule has 1 aromatic rings. The maximum atomic E-state index is 5.88. The highest BCUT2D eigenvalue weighted by Crippen LogP contribution is 2.46. The van der Waals surface area contributed by atoms with E-state index in [0.717, 1.165) is 24.5 Å². The zero-order valence-electron chi connectivity index (χ0n) is 13.6. The van der Waals surface area contributed by atoms with Crippen LogP contribution in [0.25, 0.3) is 0 Å². The first-order valence-corrected chi connectivity index (χ1v) is 8.55. The molecule has 20 heavy (non-hydrogen) atoms. The second-order valence-electron chi connectivity index (χ2n) is 6.16. The molecule has 1 fully saturated rings. The summed E-state index contributed by atoms with van der Waals surface area (Å²) in [5, 5.41) is 4.96. The Labute approximate surface area is 127 Å². The lowest BCUT2D eigenvalue weighted by Crippen LogP contribution is -2.62. The van der Waals surface area contributed by atoms with Crippen molar-refractivity contribution >= 4 is 11.3 Å². The third-order valence-corrected chi connectivity index (χ3v) is 6.15. The topological polar surface area (TPSA) is 34.1 Å². The van der Waals surface area contributed by atoms with Crippen LogP contribution < -0.4 is 5.32 Å². The van der Waals surface area contributed by atoms with Crippen LogP contribution in [0.4, 0.5) is 0 Å². The quantitative estimate of drug-likeness (QED) is 0.861. The monoisotopic (exact) mass is 296 g/mol. The fraction of sp³-hybridized carbons (Fsp3) is 0.812.